The number of hydrogen-bond donors (Lipinski definition) is 1. The zero-order chi connectivity index (χ0) is 14.3. The molecule has 0 heterocycles. The fourth-order valence-electron chi connectivity index (χ4n) is 1.44. The minimum Gasteiger partial charge on any atom is -0.260 e. The SMILES string of the molecule is CS(=O)CCCNS(=O)(=O)c1ccc(CC#N)cc1. The Bertz CT molecular complexity index is 574. The van der Waals surface area contributed by atoms with Gasteiger partial charge in [0, 0.05) is 29.4 Å². The van der Waals surface area contributed by atoms with Gasteiger partial charge in [0.2, 0.25) is 10.0 Å². The molecule has 104 valence electrons. The molecule has 0 fully saturated rings. The summed E-state index contributed by atoms with van der Waals surface area (Å²) in [6.45, 7) is 0.266. The van der Waals surface area contributed by atoms with Crippen LogP contribution in [-0.4, -0.2) is 31.2 Å². The lowest BCUT2D eigenvalue weighted by Crippen LogP contribution is -2.25. The Kier molecular flexibility index (Phi) is 6.15. The van der Waals surface area contributed by atoms with Gasteiger partial charge in [-0.3, -0.25) is 4.21 Å². The lowest BCUT2D eigenvalue weighted by molar-refractivity contribution is 0.580. The van der Waals surface area contributed by atoms with E-state index in [0.29, 0.717) is 12.2 Å². The summed E-state index contributed by atoms with van der Waals surface area (Å²) >= 11 is 0. The molecule has 0 aliphatic carbocycles. The van der Waals surface area contributed by atoms with E-state index < -0.39 is 20.8 Å². The number of sulfonamides is 1. The molecule has 5 nitrogen and oxygen atoms in total. The Balaban J connectivity index is 2.62. The molecule has 0 aromatic heterocycles. The number of nitriles is 1. The molecule has 1 rings (SSSR count). The van der Waals surface area contributed by atoms with Crippen LogP contribution in [0.4, 0.5) is 0 Å². The molecule has 0 amide bonds. The monoisotopic (exact) mass is 300 g/mol. The average molecular weight is 300 g/mol. The number of rotatable bonds is 7. The number of benzene rings is 1. The van der Waals surface area contributed by atoms with Crippen molar-refractivity contribution in [2.75, 3.05) is 18.6 Å². The third-order valence-corrected chi connectivity index (χ3v) is 4.76. The first-order valence-electron chi connectivity index (χ1n) is 5.71. The molecule has 1 aromatic rings. The van der Waals surface area contributed by atoms with Gasteiger partial charge in [0.15, 0.2) is 0 Å². The predicted molar refractivity (Wildman–Crippen MR) is 74.5 cm³/mol. The van der Waals surface area contributed by atoms with Gasteiger partial charge in [-0.15, -0.1) is 0 Å². The molecule has 0 radical (unpaired) electrons. The van der Waals surface area contributed by atoms with Gasteiger partial charge in [0.05, 0.1) is 17.4 Å². The summed E-state index contributed by atoms with van der Waals surface area (Å²) in [6, 6.07) is 8.21. The van der Waals surface area contributed by atoms with Crippen molar-refractivity contribution >= 4 is 20.8 Å². The molecule has 0 aliphatic heterocycles. The van der Waals surface area contributed by atoms with Gasteiger partial charge in [-0.05, 0) is 24.1 Å². The Morgan fingerprint density at radius 3 is 2.47 bits per heavy atom. The number of nitrogens with one attached hydrogen (secondary N) is 1. The van der Waals surface area contributed by atoms with E-state index in [1.165, 1.54) is 12.1 Å². The summed E-state index contributed by atoms with van der Waals surface area (Å²) in [7, 11) is -4.43. The van der Waals surface area contributed by atoms with Crippen LogP contribution in [-0.2, 0) is 27.2 Å². The molecule has 1 unspecified atom stereocenters. The van der Waals surface area contributed by atoms with Crippen molar-refractivity contribution in [3.8, 4) is 6.07 Å². The molecule has 19 heavy (non-hydrogen) atoms. The lowest BCUT2D eigenvalue weighted by atomic mass is 10.2. The minimum atomic E-state index is -3.52. The van der Waals surface area contributed by atoms with E-state index >= 15 is 0 Å². The van der Waals surface area contributed by atoms with Crippen LogP contribution < -0.4 is 4.72 Å². The Morgan fingerprint density at radius 1 is 1.32 bits per heavy atom. The molecule has 0 saturated heterocycles. The standard InChI is InChI=1S/C12H16N2O3S2/c1-18(15)10-2-9-14-19(16,17)12-5-3-11(4-6-12)7-8-13/h3-6,14H,2,7,9-10H2,1H3. The topological polar surface area (TPSA) is 87.0 Å². The predicted octanol–water partition coefficient (Wildman–Crippen LogP) is 0.800. The fraction of sp³-hybridized carbons (Fsp3) is 0.417. The first kappa shape index (κ1) is 15.8. The molecular formula is C12H16N2O3S2. The molecule has 0 bridgehead atoms. The highest BCUT2D eigenvalue weighted by molar-refractivity contribution is 7.89. The summed E-state index contributed by atoms with van der Waals surface area (Å²) in [4.78, 5) is 0.173. The average Bonchev–Trinajstić information content (AvgIpc) is 2.36. The van der Waals surface area contributed by atoms with Crippen LogP contribution in [0.25, 0.3) is 0 Å². The number of nitrogens with zero attached hydrogens (tertiary/aromatic N) is 1. The van der Waals surface area contributed by atoms with Gasteiger partial charge in [-0.1, -0.05) is 12.1 Å². The van der Waals surface area contributed by atoms with E-state index in [9.17, 15) is 12.6 Å². The van der Waals surface area contributed by atoms with Crippen LogP contribution in [0.5, 0.6) is 0 Å². The first-order valence-corrected chi connectivity index (χ1v) is 8.92. The third-order valence-electron chi connectivity index (χ3n) is 2.42. The summed E-state index contributed by atoms with van der Waals surface area (Å²) in [5, 5.41) is 8.53. The molecule has 1 aromatic carbocycles. The zero-order valence-electron chi connectivity index (χ0n) is 10.6. The highest BCUT2D eigenvalue weighted by Crippen LogP contribution is 2.10. The van der Waals surface area contributed by atoms with Crippen molar-refractivity contribution in [1.82, 2.24) is 4.72 Å². The van der Waals surface area contributed by atoms with Crippen molar-refractivity contribution in [2.45, 2.75) is 17.7 Å². The summed E-state index contributed by atoms with van der Waals surface area (Å²) in [5.74, 6) is 0.476. The highest BCUT2D eigenvalue weighted by atomic mass is 32.2. The van der Waals surface area contributed by atoms with Crippen molar-refractivity contribution in [1.29, 1.82) is 5.26 Å². The normalized spacial score (nSPS) is 12.8. The molecule has 1 atom stereocenters. The second-order valence-corrected chi connectivity index (χ2v) is 7.33. The first-order chi connectivity index (χ1) is 8.95. The zero-order valence-corrected chi connectivity index (χ0v) is 12.3. The van der Waals surface area contributed by atoms with Crippen LogP contribution in [0.15, 0.2) is 29.2 Å². The quantitative estimate of drug-likeness (QED) is 0.755. The Hall–Kier alpha value is -1.23. The minimum absolute atomic E-state index is 0.173. The van der Waals surface area contributed by atoms with E-state index in [4.69, 9.17) is 5.26 Å². The van der Waals surface area contributed by atoms with Gasteiger partial charge in [-0.25, -0.2) is 13.1 Å². The van der Waals surface area contributed by atoms with E-state index in [0.717, 1.165) is 5.56 Å². The van der Waals surface area contributed by atoms with Crippen LogP contribution >= 0.6 is 0 Å². The molecule has 1 N–H and O–H groups in total. The van der Waals surface area contributed by atoms with Crippen LogP contribution in [0.1, 0.15) is 12.0 Å². The summed E-state index contributed by atoms with van der Waals surface area (Å²) < 4.78 is 37.1. The van der Waals surface area contributed by atoms with Crippen molar-refractivity contribution in [2.24, 2.45) is 0 Å². The molecule has 0 aliphatic rings. The lowest BCUT2D eigenvalue weighted by Gasteiger charge is -2.06. The maximum atomic E-state index is 11.9. The van der Waals surface area contributed by atoms with E-state index in [1.54, 1.807) is 18.4 Å². The maximum Gasteiger partial charge on any atom is 0.240 e. The van der Waals surface area contributed by atoms with Crippen molar-refractivity contribution in [3.05, 3.63) is 29.8 Å². The van der Waals surface area contributed by atoms with Gasteiger partial charge < -0.3 is 0 Å². The van der Waals surface area contributed by atoms with E-state index in [-0.39, 0.29) is 17.9 Å². The smallest absolute Gasteiger partial charge is 0.240 e. The highest BCUT2D eigenvalue weighted by Gasteiger charge is 2.12. The number of hydrogen-bond acceptors (Lipinski definition) is 4. The van der Waals surface area contributed by atoms with Crippen LogP contribution in [0, 0.1) is 11.3 Å². The van der Waals surface area contributed by atoms with Crippen molar-refractivity contribution in [3.63, 3.8) is 0 Å². The molecule has 7 heteroatoms. The van der Waals surface area contributed by atoms with Crippen molar-refractivity contribution < 1.29 is 12.6 Å². The molecule has 0 saturated carbocycles. The second kappa shape index (κ2) is 7.38. The third kappa shape index (κ3) is 5.51. The van der Waals surface area contributed by atoms with Gasteiger partial charge in [0.25, 0.3) is 0 Å². The van der Waals surface area contributed by atoms with E-state index in [1.807, 2.05) is 6.07 Å². The summed E-state index contributed by atoms with van der Waals surface area (Å²) in [6.07, 6.45) is 2.38. The maximum absolute atomic E-state index is 11.9. The van der Waals surface area contributed by atoms with Gasteiger partial charge >= 0.3 is 0 Å². The van der Waals surface area contributed by atoms with Gasteiger partial charge in [0.1, 0.15) is 0 Å². The largest absolute Gasteiger partial charge is 0.260 e. The second-order valence-electron chi connectivity index (χ2n) is 4.01. The fourth-order valence-corrected chi connectivity index (χ4v) is 3.07. The molecular weight excluding hydrogens is 284 g/mol. The Morgan fingerprint density at radius 2 is 1.95 bits per heavy atom. The summed E-state index contributed by atoms with van der Waals surface area (Å²) in [5.41, 5.74) is 0.780. The van der Waals surface area contributed by atoms with Gasteiger partial charge in [-0.2, -0.15) is 5.26 Å². The van der Waals surface area contributed by atoms with Crippen LogP contribution in [0.2, 0.25) is 0 Å². The molecule has 0 spiro atoms. The Labute approximate surface area is 116 Å². The van der Waals surface area contributed by atoms with Crippen LogP contribution in [0.3, 0.4) is 0 Å². The van der Waals surface area contributed by atoms with E-state index in [2.05, 4.69) is 4.72 Å².